The van der Waals surface area contributed by atoms with Gasteiger partial charge in [-0.1, -0.05) is 12.1 Å². The van der Waals surface area contributed by atoms with E-state index in [2.05, 4.69) is 15.3 Å². The van der Waals surface area contributed by atoms with Crippen LogP contribution in [0.3, 0.4) is 0 Å². The van der Waals surface area contributed by atoms with Gasteiger partial charge in [-0.25, -0.2) is 0 Å². The molecule has 1 amide bonds. The summed E-state index contributed by atoms with van der Waals surface area (Å²) in [6, 6.07) is 8.22. The van der Waals surface area contributed by atoms with Crippen LogP contribution in [0, 0.1) is 6.92 Å². The molecule has 1 N–H and O–H groups in total. The number of nitrogens with one attached hydrogen (secondary N) is 1. The van der Waals surface area contributed by atoms with E-state index in [1.807, 2.05) is 18.2 Å². The number of hydrogen-bond acceptors (Lipinski definition) is 4. The molecule has 1 aromatic carbocycles. The number of nitrogens with zero attached hydrogens (tertiary/aromatic N) is 3. The molecular weight excluding hydrogens is 361 g/mol. The Kier molecular flexibility index (Phi) is 5.81. The lowest BCUT2D eigenvalue weighted by Gasteiger charge is -2.26. The fourth-order valence-electron chi connectivity index (χ4n) is 3.00. The summed E-state index contributed by atoms with van der Waals surface area (Å²) in [6.45, 7) is 4.76. The molecule has 0 unspecified atom stereocenters. The fraction of sp³-hybridized carbons (Fsp3) is 0.444. The van der Waals surface area contributed by atoms with Gasteiger partial charge in [0.05, 0.1) is 18.9 Å². The second kappa shape index (κ2) is 8.10. The zero-order valence-corrected chi connectivity index (χ0v) is 14.9. The van der Waals surface area contributed by atoms with Gasteiger partial charge in [0.15, 0.2) is 0 Å². The molecule has 2 aromatic rings. The first kappa shape index (κ1) is 19.4. The van der Waals surface area contributed by atoms with Crippen molar-refractivity contribution < 1.29 is 22.7 Å². The van der Waals surface area contributed by atoms with Gasteiger partial charge in [0.1, 0.15) is 12.2 Å². The molecule has 0 aliphatic carbocycles. The van der Waals surface area contributed by atoms with E-state index in [0.29, 0.717) is 23.6 Å². The van der Waals surface area contributed by atoms with Crippen molar-refractivity contribution in [2.45, 2.75) is 26.2 Å². The maximum absolute atomic E-state index is 13.0. The molecule has 0 spiro atoms. The number of carbonyl (C=O) groups is 1. The molecule has 146 valence electrons. The second-order valence-corrected chi connectivity index (χ2v) is 6.46. The average molecular weight is 382 g/mol. The standard InChI is InChI=1S/C18H21F3N4O2/c1-13-9-16(18(19,20)21)25(23-13)12-17(26)22-15-4-2-3-14(10-15)11-24-5-7-27-8-6-24/h2-4,9-10H,5-8,11-12H2,1H3,(H,22,26). The first-order valence-corrected chi connectivity index (χ1v) is 8.62. The Morgan fingerprint density at radius 3 is 2.70 bits per heavy atom. The summed E-state index contributed by atoms with van der Waals surface area (Å²) in [4.78, 5) is 14.4. The van der Waals surface area contributed by atoms with Gasteiger partial charge in [0.2, 0.25) is 5.91 Å². The predicted octanol–water partition coefficient (Wildman–Crippen LogP) is 2.68. The van der Waals surface area contributed by atoms with Crippen LogP contribution in [0.1, 0.15) is 17.0 Å². The van der Waals surface area contributed by atoms with Crippen LogP contribution in [-0.4, -0.2) is 46.9 Å². The summed E-state index contributed by atoms with van der Waals surface area (Å²) in [5.41, 5.74) is 0.836. The normalized spacial score (nSPS) is 15.7. The van der Waals surface area contributed by atoms with E-state index in [4.69, 9.17) is 4.74 Å². The Hall–Kier alpha value is -2.39. The summed E-state index contributed by atoms with van der Waals surface area (Å²) >= 11 is 0. The van der Waals surface area contributed by atoms with Crippen LogP contribution in [0.25, 0.3) is 0 Å². The number of anilines is 1. The number of halogens is 3. The van der Waals surface area contributed by atoms with Gasteiger partial charge >= 0.3 is 6.18 Å². The Labute approximate surface area is 154 Å². The number of rotatable bonds is 5. The third-order valence-electron chi connectivity index (χ3n) is 4.21. The van der Waals surface area contributed by atoms with Gasteiger partial charge < -0.3 is 10.1 Å². The van der Waals surface area contributed by atoms with Crippen LogP contribution in [0.5, 0.6) is 0 Å². The minimum Gasteiger partial charge on any atom is -0.379 e. The number of aryl methyl sites for hydroxylation is 1. The van der Waals surface area contributed by atoms with Crippen LogP contribution in [0.15, 0.2) is 30.3 Å². The Morgan fingerprint density at radius 2 is 2.00 bits per heavy atom. The van der Waals surface area contributed by atoms with Crippen molar-refractivity contribution in [2.75, 3.05) is 31.6 Å². The maximum atomic E-state index is 13.0. The van der Waals surface area contributed by atoms with E-state index in [9.17, 15) is 18.0 Å². The molecule has 27 heavy (non-hydrogen) atoms. The van der Waals surface area contributed by atoms with Crippen molar-refractivity contribution in [3.05, 3.63) is 47.3 Å². The van der Waals surface area contributed by atoms with Crippen molar-refractivity contribution in [1.82, 2.24) is 14.7 Å². The van der Waals surface area contributed by atoms with Crippen LogP contribution in [0.4, 0.5) is 18.9 Å². The highest BCUT2D eigenvalue weighted by molar-refractivity contribution is 5.90. The third-order valence-corrected chi connectivity index (χ3v) is 4.21. The predicted molar refractivity (Wildman–Crippen MR) is 93.1 cm³/mol. The average Bonchev–Trinajstić information content (AvgIpc) is 2.96. The zero-order valence-electron chi connectivity index (χ0n) is 14.9. The Balaban J connectivity index is 1.64. The number of aromatic nitrogens is 2. The molecule has 0 bridgehead atoms. The third kappa shape index (κ3) is 5.30. The number of carbonyl (C=O) groups excluding carboxylic acids is 1. The number of ether oxygens (including phenoxy) is 1. The zero-order chi connectivity index (χ0) is 19.4. The van der Waals surface area contributed by atoms with E-state index < -0.39 is 24.3 Å². The first-order valence-electron chi connectivity index (χ1n) is 8.62. The van der Waals surface area contributed by atoms with E-state index in [0.717, 1.165) is 31.3 Å². The molecule has 9 heteroatoms. The number of morpholine rings is 1. The van der Waals surface area contributed by atoms with Crippen LogP contribution >= 0.6 is 0 Å². The van der Waals surface area contributed by atoms with Crippen LogP contribution < -0.4 is 5.32 Å². The smallest absolute Gasteiger partial charge is 0.379 e. The second-order valence-electron chi connectivity index (χ2n) is 6.46. The molecular formula is C18H21F3N4O2. The molecule has 1 aliphatic rings. The van der Waals surface area contributed by atoms with Gasteiger partial charge in [-0.15, -0.1) is 0 Å². The SMILES string of the molecule is Cc1cc(C(F)(F)F)n(CC(=O)Nc2cccc(CN3CCOCC3)c2)n1. The summed E-state index contributed by atoms with van der Waals surface area (Å²) in [6.07, 6.45) is -4.56. The Bertz CT molecular complexity index is 798. The van der Waals surface area contributed by atoms with Gasteiger partial charge in [0, 0.05) is 25.3 Å². The van der Waals surface area contributed by atoms with Crippen molar-refractivity contribution in [1.29, 1.82) is 0 Å². The minimum atomic E-state index is -4.56. The Morgan fingerprint density at radius 1 is 1.26 bits per heavy atom. The first-order chi connectivity index (χ1) is 12.8. The van der Waals surface area contributed by atoms with Crippen molar-refractivity contribution >= 4 is 11.6 Å². The topological polar surface area (TPSA) is 59.4 Å². The van der Waals surface area contributed by atoms with Gasteiger partial charge in [0.25, 0.3) is 0 Å². The molecule has 0 radical (unpaired) electrons. The molecule has 1 aliphatic heterocycles. The number of alkyl halides is 3. The van der Waals surface area contributed by atoms with Gasteiger partial charge in [-0.2, -0.15) is 18.3 Å². The number of hydrogen-bond donors (Lipinski definition) is 1. The van der Waals surface area contributed by atoms with Crippen molar-refractivity contribution in [3.63, 3.8) is 0 Å². The summed E-state index contributed by atoms with van der Waals surface area (Å²) in [5.74, 6) is -0.563. The fourth-order valence-corrected chi connectivity index (χ4v) is 3.00. The van der Waals surface area contributed by atoms with E-state index >= 15 is 0 Å². The van der Waals surface area contributed by atoms with Crippen molar-refractivity contribution in [3.8, 4) is 0 Å². The molecule has 0 saturated carbocycles. The van der Waals surface area contributed by atoms with E-state index in [-0.39, 0.29) is 5.69 Å². The monoisotopic (exact) mass is 382 g/mol. The quantitative estimate of drug-likeness (QED) is 0.864. The highest BCUT2D eigenvalue weighted by atomic mass is 19.4. The molecule has 1 fully saturated rings. The van der Waals surface area contributed by atoms with E-state index in [1.54, 1.807) is 6.07 Å². The molecule has 2 heterocycles. The molecule has 3 rings (SSSR count). The molecule has 6 nitrogen and oxygen atoms in total. The highest BCUT2D eigenvalue weighted by Gasteiger charge is 2.35. The van der Waals surface area contributed by atoms with Gasteiger partial charge in [-0.05, 0) is 30.7 Å². The lowest BCUT2D eigenvalue weighted by molar-refractivity contribution is -0.144. The van der Waals surface area contributed by atoms with Crippen LogP contribution in [-0.2, 0) is 28.8 Å². The maximum Gasteiger partial charge on any atom is 0.433 e. The van der Waals surface area contributed by atoms with Crippen molar-refractivity contribution in [2.24, 2.45) is 0 Å². The molecule has 1 saturated heterocycles. The summed E-state index contributed by atoms with van der Waals surface area (Å²) in [7, 11) is 0. The lowest BCUT2D eigenvalue weighted by Crippen LogP contribution is -2.35. The lowest BCUT2D eigenvalue weighted by atomic mass is 10.2. The highest BCUT2D eigenvalue weighted by Crippen LogP contribution is 2.29. The molecule has 0 atom stereocenters. The van der Waals surface area contributed by atoms with Crippen LogP contribution in [0.2, 0.25) is 0 Å². The van der Waals surface area contributed by atoms with E-state index in [1.165, 1.54) is 6.92 Å². The number of amides is 1. The summed E-state index contributed by atoms with van der Waals surface area (Å²) in [5, 5.41) is 6.42. The van der Waals surface area contributed by atoms with Gasteiger partial charge in [-0.3, -0.25) is 14.4 Å². The summed E-state index contributed by atoms with van der Waals surface area (Å²) < 4.78 is 45.0. The molecule has 1 aromatic heterocycles. The number of benzene rings is 1. The minimum absolute atomic E-state index is 0.211. The largest absolute Gasteiger partial charge is 0.433 e.